The molecule has 1 saturated carbocycles. The number of aromatic nitrogens is 1. The van der Waals surface area contributed by atoms with E-state index in [0.717, 1.165) is 31.9 Å². The van der Waals surface area contributed by atoms with Gasteiger partial charge in [0.25, 0.3) is 0 Å². The lowest BCUT2D eigenvalue weighted by Gasteiger charge is -2.28. The van der Waals surface area contributed by atoms with Gasteiger partial charge in [-0.3, -0.25) is 10.1 Å². The molecule has 0 aromatic carbocycles. The summed E-state index contributed by atoms with van der Waals surface area (Å²) in [6.45, 7) is 2.68. The number of nitro groups is 1. The van der Waals surface area contributed by atoms with E-state index < -0.39 is 16.6 Å². The van der Waals surface area contributed by atoms with Crippen LogP contribution >= 0.6 is 0 Å². The van der Waals surface area contributed by atoms with Crippen molar-refractivity contribution < 1.29 is 14.8 Å². The van der Waals surface area contributed by atoms with Gasteiger partial charge in [-0.1, -0.05) is 12.8 Å². The number of rotatable bonds is 5. The van der Waals surface area contributed by atoms with Gasteiger partial charge in [0.2, 0.25) is 0 Å². The van der Waals surface area contributed by atoms with Crippen molar-refractivity contribution in [1.82, 2.24) is 4.98 Å². The first-order valence-electron chi connectivity index (χ1n) is 6.69. The number of anilines is 1. The number of carboxylic acids is 1. The second kappa shape index (κ2) is 5.85. The summed E-state index contributed by atoms with van der Waals surface area (Å²) in [7, 11) is 0. The van der Waals surface area contributed by atoms with Crippen molar-refractivity contribution in [2.45, 2.75) is 38.6 Å². The third kappa shape index (κ3) is 2.71. The van der Waals surface area contributed by atoms with Gasteiger partial charge in [0.05, 0.1) is 4.92 Å². The number of nitrogens with zero attached hydrogens (tertiary/aromatic N) is 3. The summed E-state index contributed by atoms with van der Waals surface area (Å²) in [4.78, 5) is 27.4. The molecule has 0 saturated heterocycles. The standard InChI is InChI=1S/C13H17N3O4/c1-2-15(9-5-3-4-6-9)12-7-10(13(17)18)11(8-14-12)16(19)20/h7-9H,2-6H2,1H3,(H,17,18). The Balaban J connectivity index is 2.38. The molecule has 0 unspecified atom stereocenters. The summed E-state index contributed by atoms with van der Waals surface area (Å²) in [6, 6.07) is 1.65. The fourth-order valence-corrected chi connectivity index (χ4v) is 2.73. The van der Waals surface area contributed by atoms with Crippen molar-refractivity contribution >= 4 is 17.5 Å². The topological polar surface area (TPSA) is 96.6 Å². The molecule has 7 nitrogen and oxygen atoms in total. The summed E-state index contributed by atoms with van der Waals surface area (Å²) >= 11 is 0. The van der Waals surface area contributed by atoms with E-state index in [2.05, 4.69) is 4.98 Å². The molecule has 1 aliphatic rings. The Labute approximate surface area is 116 Å². The quantitative estimate of drug-likeness (QED) is 0.657. The van der Waals surface area contributed by atoms with Gasteiger partial charge in [-0.2, -0.15) is 0 Å². The molecule has 0 amide bonds. The van der Waals surface area contributed by atoms with Gasteiger partial charge >= 0.3 is 11.7 Å². The van der Waals surface area contributed by atoms with Crippen molar-refractivity contribution in [3.8, 4) is 0 Å². The molecular formula is C13H17N3O4. The van der Waals surface area contributed by atoms with E-state index in [-0.39, 0.29) is 5.56 Å². The lowest BCUT2D eigenvalue weighted by molar-refractivity contribution is -0.385. The predicted octanol–water partition coefficient (Wildman–Crippen LogP) is 2.46. The van der Waals surface area contributed by atoms with Crippen molar-refractivity contribution in [3.05, 3.63) is 27.9 Å². The minimum atomic E-state index is -1.30. The lowest BCUT2D eigenvalue weighted by atomic mass is 10.1. The fourth-order valence-electron chi connectivity index (χ4n) is 2.73. The molecule has 20 heavy (non-hydrogen) atoms. The second-order valence-electron chi connectivity index (χ2n) is 4.85. The maximum atomic E-state index is 11.2. The fraction of sp³-hybridized carbons (Fsp3) is 0.538. The minimum absolute atomic E-state index is 0.309. The van der Waals surface area contributed by atoms with Gasteiger partial charge in [-0.05, 0) is 19.8 Å². The van der Waals surface area contributed by atoms with Crippen LogP contribution in [0.5, 0.6) is 0 Å². The first-order chi connectivity index (χ1) is 9.54. The highest BCUT2D eigenvalue weighted by molar-refractivity contribution is 5.93. The molecule has 1 N–H and O–H groups in total. The van der Waals surface area contributed by atoms with E-state index >= 15 is 0 Å². The first kappa shape index (κ1) is 14.2. The third-order valence-electron chi connectivity index (χ3n) is 3.70. The maximum Gasteiger partial charge on any atom is 0.342 e. The molecule has 7 heteroatoms. The van der Waals surface area contributed by atoms with Crippen LogP contribution < -0.4 is 4.90 Å². The third-order valence-corrected chi connectivity index (χ3v) is 3.70. The predicted molar refractivity (Wildman–Crippen MR) is 73.1 cm³/mol. The molecule has 0 atom stereocenters. The van der Waals surface area contributed by atoms with Crippen molar-refractivity contribution in [1.29, 1.82) is 0 Å². The zero-order valence-corrected chi connectivity index (χ0v) is 11.3. The number of pyridine rings is 1. The molecule has 0 radical (unpaired) electrons. The molecule has 0 bridgehead atoms. The molecule has 1 fully saturated rings. The van der Waals surface area contributed by atoms with Crippen LogP contribution in [0.4, 0.5) is 11.5 Å². The van der Waals surface area contributed by atoms with E-state index in [1.165, 1.54) is 6.07 Å². The highest BCUT2D eigenvalue weighted by Gasteiger charge is 2.26. The first-order valence-corrected chi connectivity index (χ1v) is 6.69. The monoisotopic (exact) mass is 279 g/mol. The Morgan fingerprint density at radius 1 is 1.55 bits per heavy atom. The molecule has 108 valence electrons. The van der Waals surface area contributed by atoms with Crippen LogP contribution in [0.3, 0.4) is 0 Å². The zero-order chi connectivity index (χ0) is 14.7. The van der Waals surface area contributed by atoms with E-state index in [1.54, 1.807) is 0 Å². The number of hydrogen-bond acceptors (Lipinski definition) is 5. The lowest BCUT2D eigenvalue weighted by Crippen LogP contribution is -2.33. The summed E-state index contributed by atoms with van der Waals surface area (Å²) < 4.78 is 0. The van der Waals surface area contributed by atoms with Crippen LogP contribution in [0.2, 0.25) is 0 Å². The van der Waals surface area contributed by atoms with Crippen LogP contribution in [0.1, 0.15) is 43.0 Å². The average Bonchev–Trinajstić information content (AvgIpc) is 2.93. The van der Waals surface area contributed by atoms with E-state index in [9.17, 15) is 14.9 Å². The van der Waals surface area contributed by atoms with Gasteiger partial charge in [-0.15, -0.1) is 0 Å². The zero-order valence-electron chi connectivity index (χ0n) is 11.3. The van der Waals surface area contributed by atoms with Crippen molar-refractivity contribution in [3.63, 3.8) is 0 Å². The van der Waals surface area contributed by atoms with Crippen molar-refractivity contribution in [2.75, 3.05) is 11.4 Å². The van der Waals surface area contributed by atoms with Gasteiger partial charge in [0, 0.05) is 18.7 Å². The van der Waals surface area contributed by atoms with E-state index in [0.29, 0.717) is 18.4 Å². The van der Waals surface area contributed by atoms with Gasteiger partial charge in [0.15, 0.2) is 0 Å². The Morgan fingerprint density at radius 2 is 2.20 bits per heavy atom. The van der Waals surface area contributed by atoms with Gasteiger partial charge in [-0.25, -0.2) is 9.78 Å². The molecule has 1 aliphatic carbocycles. The largest absolute Gasteiger partial charge is 0.477 e. The molecule has 1 aromatic rings. The van der Waals surface area contributed by atoms with E-state index in [1.807, 2.05) is 11.8 Å². The number of carboxylic acid groups (broad SMARTS) is 1. The molecular weight excluding hydrogens is 262 g/mol. The molecule has 2 rings (SSSR count). The summed E-state index contributed by atoms with van der Waals surface area (Å²) in [5.41, 5.74) is -0.778. The smallest absolute Gasteiger partial charge is 0.342 e. The average molecular weight is 279 g/mol. The van der Waals surface area contributed by atoms with Crippen LogP contribution in [-0.2, 0) is 0 Å². The minimum Gasteiger partial charge on any atom is -0.477 e. The molecule has 1 aromatic heterocycles. The van der Waals surface area contributed by atoms with Crippen LogP contribution in [-0.4, -0.2) is 33.6 Å². The Morgan fingerprint density at radius 3 is 2.70 bits per heavy atom. The van der Waals surface area contributed by atoms with Gasteiger partial charge in [0.1, 0.15) is 17.6 Å². The number of carbonyl (C=O) groups is 1. The molecule has 0 aliphatic heterocycles. The van der Waals surface area contributed by atoms with E-state index in [4.69, 9.17) is 5.11 Å². The van der Waals surface area contributed by atoms with Crippen molar-refractivity contribution in [2.24, 2.45) is 0 Å². The van der Waals surface area contributed by atoms with Crippen LogP contribution in [0.25, 0.3) is 0 Å². The SMILES string of the molecule is CCN(c1cc(C(=O)O)c([N+](=O)[O-])cn1)C1CCCC1. The Kier molecular flexibility index (Phi) is 4.16. The molecule has 0 spiro atoms. The summed E-state index contributed by atoms with van der Waals surface area (Å²) in [5.74, 6) is -0.801. The summed E-state index contributed by atoms with van der Waals surface area (Å²) in [6.07, 6.45) is 5.44. The maximum absolute atomic E-state index is 11.2. The van der Waals surface area contributed by atoms with Crippen LogP contribution in [0, 0.1) is 10.1 Å². The normalized spacial score (nSPS) is 15.2. The highest BCUT2D eigenvalue weighted by Crippen LogP contribution is 2.29. The highest BCUT2D eigenvalue weighted by atomic mass is 16.6. The number of aromatic carboxylic acids is 1. The second-order valence-corrected chi connectivity index (χ2v) is 4.85. The number of hydrogen-bond donors (Lipinski definition) is 1. The van der Waals surface area contributed by atoms with Crippen LogP contribution in [0.15, 0.2) is 12.3 Å². The molecule has 1 heterocycles. The van der Waals surface area contributed by atoms with Gasteiger partial charge < -0.3 is 10.0 Å². The Hall–Kier alpha value is -2.18. The Bertz CT molecular complexity index is 526. The summed E-state index contributed by atoms with van der Waals surface area (Å²) in [5, 5.41) is 19.9.